The van der Waals surface area contributed by atoms with Gasteiger partial charge in [-0.05, 0) is 93.4 Å². The van der Waals surface area contributed by atoms with E-state index in [9.17, 15) is 9.59 Å². The van der Waals surface area contributed by atoms with Crippen molar-refractivity contribution in [1.82, 2.24) is 4.90 Å². The molecule has 0 aliphatic heterocycles. The molecule has 0 spiro atoms. The Labute approximate surface area is 162 Å². The average molecular weight is 370 g/mol. The first kappa shape index (κ1) is 18.5. The van der Waals surface area contributed by atoms with Crippen LogP contribution < -0.4 is 4.74 Å². The Morgan fingerprint density at radius 2 is 1.59 bits per heavy atom. The van der Waals surface area contributed by atoms with Crippen LogP contribution in [0, 0.1) is 23.7 Å². The number of carbonyl (C=O) groups is 2. The lowest BCUT2D eigenvalue weighted by Crippen LogP contribution is -2.56. The molecule has 0 radical (unpaired) electrons. The highest BCUT2D eigenvalue weighted by molar-refractivity contribution is 5.94. The number of ketones is 1. The molecular formula is C23H31NO3. The summed E-state index contributed by atoms with van der Waals surface area (Å²) in [6.07, 6.45) is 8.09. The topological polar surface area (TPSA) is 46.6 Å². The van der Waals surface area contributed by atoms with E-state index < -0.39 is 0 Å². The molecule has 4 fully saturated rings. The summed E-state index contributed by atoms with van der Waals surface area (Å²) < 4.78 is 5.73. The minimum Gasteiger partial charge on any atom is -0.494 e. The molecule has 0 aromatic heterocycles. The minimum atomic E-state index is 0.0555. The summed E-state index contributed by atoms with van der Waals surface area (Å²) in [5, 5.41) is 0. The number of hydrogen-bond acceptors (Lipinski definition) is 3. The van der Waals surface area contributed by atoms with Crippen molar-refractivity contribution in [3.63, 3.8) is 0 Å². The van der Waals surface area contributed by atoms with Gasteiger partial charge >= 0.3 is 0 Å². The number of ether oxygens (including phenoxy) is 1. The van der Waals surface area contributed by atoms with Crippen LogP contribution in [0.1, 0.15) is 62.2 Å². The van der Waals surface area contributed by atoms with Gasteiger partial charge in [0.05, 0.1) is 6.61 Å². The molecule has 27 heavy (non-hydrogen) atoms. The lowest BCUT2D eigenvalue weighted by atomic mass is 9.54. The van der Waals surface area contributed by atoms with Crippen LogP contribution in [-0.4, -0.2) is 36.3 Å². The van der Waals surface area contributed by atoms with Gasteiger partial charge in [-0.25, -0.2) is 0 Å². The Bertz CT molecular complexity index is 668. The Morgan fingerprint density at radius 1 is 1.00 bits per heavy atom. The smallest absolute Gasteiger partial charge is 0.222 e. The standard InChI is InChI=1S/C23H31NO3/c1-15(25)18-5-7-21(8-6-18)27-9-3-4-22(26)24(2)23-19-11-16-10-17(13-19)14-20(23)12-16/h5-8,16-17,19-20,23H,3-4,9-14H2,1-2H3. The van der Waals surface area contributed by atoms with E-state index in [1.54, 1.807) is 19.1 Å². The fraction of sp³-hybridized carbons (Fsp3) is 0.652. The van der Waals surface area contributed by atoms with Crippen LogP contribution in [0.25, 0.3) is 0 Å². The van der Waals surface area contributed by atoms with Gasteiger partial charge in [0.1, 0.15) is 5.75 Å². The monoisotopic (exact) mass is 369 g/mol. The number of amides is 1. The first-order valence-corrected chi connectivity index (χ1v) is 10.5. The molecule has 5 rings (SSSR count). The molecule has 146 valence electrons. The van der Waals surface area contributed by atoms with E-state index in [-0.39, 0.29) is 11.7 Å². The van der Waals surface area contributed by atoms with Crippen molar-refractivity contribution in [2.75, 3.05) is 13.7 Å². The van der Waals surface area contributed by atoms with E-state index in [0.29, 0.717) is 24.6 Å². The van der Waals surface area contributed by atoms with Crippen LogP contribution in [0.4, 0.5) is 0 Å². The maximum atomic E-state index is 12.7. The van der Waals surface area contributed by atoms with Gasteiger partial charge in [0, 0.05) is 25.1 Å². The Balaban J connectivity index is 1.23. The van der Waals surface area contributed by atoms with Crippen LogP contribution in [-0.2, 0) is 4.79 Å². The molecule has 0 saturated heterocycles. The van der Waals surface area contributed by atoms with Gasteiger partial charge < -0.3 is 9.64 Å². The summed E-state index contributed by atoms with van der Waals surface area (Å²) in [7, 11) is 2.02. The maximum Gasteiger partial charge on any atom is 0.222 e. The minimum absolute atomic E-state index is 0.0555. The number of carbonyl (C=O) groups excluding carboxylic acids is 2. The molecular weight excluding hydrogens is 338 g/mol. The lowest BCUT2D eigenvalue weighted by Gasteiger charge is -2.56. The predicted molar refractivity (Wildman–Crippen MR) is 105 cm³/mol. The molecule has 1 amide bonds. The SMILES string of the molecule is CC(=O)c1ccc(OCCCC(=O)N(C)C2C3CC4CC(C3)CC2C4)cc1. The maximum absolute atomic E-state index is 12.7. The quantitative estimate of drug-likeness (QED) is 0.531. The zero-order chi connectivity index (χ0) is 19.0. The predicted octanol–water partition coefficient (Wildman–Crippen LogP) is 4.33. The Kier molecular flexibility index (Phi) is 5.25. The van der Waals surface area contributed by atoms with E-state index in [1.165, 1.54) is 32.1 Å². The van der Waals surface area contributed by atoms with Crippen molar-refractivity contribution in [3.05, 3.63) is 29.8 Å². The molecule has 1 aromatic rings. The van der Waals surface area contributed by atoms with Gasteiger partial charge in [0.2, 0.25) is 5.91 Å². The molecule has 0 atom stereocenters. The lowest BCUT2D eigenvalue weighted by molar-refractivity contribution is -0.141. The zero-order valence-electron chi connectivity index (χ0n) is 16.5. The fourth-order valence-corrected chi connectivity index (χ4v) is 6.07. The number of benzene rings is 1. The third kappa shape index (κ3) is 3.90. The highest BCUT2D eigenvalue weighted by atomic mass is 16.5. The average Bonchev–Trinajstić information content (AvgIpc) is 2.64. The molecule has 4 aliphatic rings. The second-order valence-electron chi connectivity index (χ2n) is 8.96. The van der Waals surface area contributed by atoms with E-state index in [1.807, 2.05) is 19.2 Å². The van der Waals surface area contributed by atoms with Crippen molar-refractivity contribution in [2.45, 2.75) is 57.9 Å². The zero-order valence-corrected chi connectivity index (χ0v) is 16.5. The fourth-order valence-electron chi connectivity index (χ4n) is 6.07. The normalized spacial score (nSPS) is 31.0. The van der Waals surface area contributed by atoms with Crippen molar-refractivity contribution < 1.29 is 14.3 Å². The van der Waals surface area contributed by atoms with Crippen LogP contribution >= 0.6 is 0 Å². The van der Waals surface area contributed by atoms with Gasteiger partial charge in [-0.2, -0.15) is 0 Å². The van der Waals surface area contributed by atoms with Gasteiger partial charge in [0.25, 0.3) is 0 Å². The van der Waals surface area contributed by atoms with E-state index in [0.717, 1.165) is 35.8 Å². The van der Waals surface area contributed by atoms with Gasteiger partial charge in [0.15, 0.2) is 5.78 Å². The number of Topliss-reactive ketones (excluding diaryl/α,β-unsaturated/α-hetero) is 1. The summed E-state index contributed by atoms with van der Waals surface area (Å²) in [4.78, 5) is 26.1. The number of rotatable bonds is 7. The molecule has 4 bridgehead atoms. The third-order valence-corrected chi connectivity index (χ3v) is 7.08. The number of hydrogen-bond donors (Lipinski definition) is 0. The first-order valence-electron chi connectivity index (χ1n) is 10.5. The molecule has 0 unspecified atom stereocenters. The summed E-state index contributed by atoms with van der Waals surface area (Å²) in [6, 6.07) is 7.68. The molecule has 1 aromatic carbocycles. The molecule has 0 N–H and O–H groups in total. The summed E-state index contributed by atoms with van der Waals surface area (Å²) in [6.45, 7) is 2.09. The van der Waals surface area contributed by atoms with E-state index >= 15 is 0 Å². The Morgan fingerprint density at radius 3 is 2.15 bits per heavy atom. The second-order valence-corrected chi connectivity index (χ2v) is 8.96. The molecule has 0 heterocycles. The van der Waals surface area contributed by atoms with E-state index in [2.05, 4.69) is 4.90 Å². The largest absolute Gasteiger partial charge is 0.494 e. The van der Waals surface area contributed by atoms with Crippen LogP contribution in [0.3, 0.4) is 0 Å². The third-order valence-electron chi connectivity index (χ3n) is 7.08. The summed E-state index contributed by atoms with van der Waals surface area (Å²) in [5.41, 5.74) is 0.690. The van der Waals surface area contributed by atoms with Gasteiger partial charge in [-0.15, -0.1) is 0 Å². The van der Waals surface area contributed by atoms with Crippen molar-refractivity contribution in [3.8, 4) is 5.75 Å². The molecule has 4 saturated carbocycles. The van der Waals surface area contributed by atoms with Crippen LogP contribution in [0.5, 0.6) is 5.75 Å². The highest BCUT2D eigenvalue weighted by Gasteiger charge is 2.50. The van der Waals surface area contributed by atoms with E-state index in [4.69, 9.17) is 4.74 Å². The molecule has 4 nitrogen and oxygen atoms in total. The molecule has 4 aliphatic carbocycles. The van der Waals surface area contributed by atoms with Crippen molar-refractivity contribution in [2.24, 2.45) is 23.7 Å². The second kappa shape index (κ2) is 7.65. The van der Waals surface area contributed by atoms with Crippen molar-refractivity contribution >= 4 is 11.7 Å². The summed E-state index contributed by atoms with van der Waals surface area (Å²) >= 11 is 0. The van der Waals surface area contributed by atoms with Gasteiger partial charge in [-0.3, -0.25) is 9.59 Å². The highest BCUT2D eigenvalue weighted by Crippen LogP contribution is 2.55. The van der Waals surface area contributed by atoms with Crippen LogP contribution in [0.15, 0.2) is 24.3 Å². The first-order chi connectivity index (χ1) is 13.0. The number of nitrogens with zero attached hydrogens (tertiary/aromatic N) is 1. The van der Waals surface area contributed by atoms with Crippen LogP contribution in [0.2, 0.25) is 0 Å². The summed E-state index contributed by atoms with van der Waals surface area (Å²) in [5.74, 6) is 4.44. The van der Waals surface area contributed by atoms with Crippen molar-refractivity contribution in [1.29, 1.82) is 0 Å². The van der Waals surface area contributed by atoms with Gasteiger partial charge in [-0.1, -0.05) is 0 Å². The molecule has 4 heteroatoms. The Hall–Kier alpha value is -1.84.